The second-order valence-electron chi connectivity index (χ2n) is 8.64. The topological polar surface area (TPSA) is 76.1 Å². The lowest BCUT2D eigenvalue weighted by atomic mass is 9.95. The van der Waals surface area contributed by atoms with Crippen LogP contribution in [0.1, 0.15) is 57.7 Å². The molecule has 1 aliphatic heterocycles. The molecule has 0 saturated carbocycles. The van der Waals surface area contributed by atoms with Crippen LogP contribution in [0.4, 0.5) is 0 Å². The van der Waals surface area contributed by atoms with Crippen LogP contribution in [-0.4, -0.2) is 41.5 Å². The van der Waals surface area contributed by atoms with E-state index in [-0.39, 0.29) is 11.3 Å². The minimum atomic E-state index is -0.675. The molecule has 1 amide bonds. The molecule has 1 N–H and O–H groups in total. The maximum absolute atomic E-state index is 13.0. The SMILES string of the molecule is CCCOc1cccc(/C(O)=C2/C(=O)C(=O)N(CCC)C2c2ccc(OCC(C)C)cc2)c1. The van der Waals surface area contributed by atoms with E-state index in [0.717, 1.165) is 17.7 Å². The molecule has 1 saturated heterocycles. The first-order valence-corrected chi connectivity index (χ1v) is 11.6. The molecular formula is C27H33NO5. The van der Waals surface area contributed by atoms with E-state index in [4.69, 9.17) is 9.47 Å². The van der Waals surface area contributed by atoms with Gasteiger partial charge in [0.15, 0.2) is 0 Å². The molecule has 0 radical (unpaired) electrons. The maximum Gasteiger partial charge on any atom is 0.295 e. The van der Waals surface area contributed by atoms with Crippen molar-refractivity contribution in [2.45, 2.75) is 46.6 Å². The number of rotatable bonds is 10. The first-order chi connectivity index (χ1) is 15.9. The number of ketones is 1. The van der Waals surface area contributed by atoms with Crippen LogP contribution in [0, 0.1) is 5.92 Å². The largest absolute Gasteiger partial charge is 0.507 e. The molecule has 0 aromatic heterocycles. The number of carbonyl (C=O) groups excluding carboxylic acids is 2. The minimum Gasteiger partial charge on any atom is -0.507 e. The molecule has 1 unspecified atom stereocenters. The summed E-state index contributed by atoms with van der Waals surface area (Å²) < 4.78 is 11.4. The molecule has 2 aromatic carbocycles. The summed E-state index contributed by atoms with van der Waals surface area (Å²) in [4.78, 5) is 27.4. The molecule has 2 aromatic rings. The summed E-state index contributed by atoms with van der Waals surface area (Å²) in [5, 5.41) is 11.2. The molecule has 1 fully saturated rings. The minimum absolute atomic E-state index is 0.0944. The summed E-state index contributed by atoms with van der Waals surface area (Å²) in [5.74, 6) is 0.262. The van der Waals surface area contributed by atoms with E-state index in [2.05, 4.69) is 13.8 Å². The fourth-order valence-corrected chi connectivity index (χ4v) is 3.82. The molecule has 1 atom stereocenters. The van der Waals surface area contributed by atoms with Crippen LogP contribution in [0.3, 0.4) is 0 Å². The van der Waals surface area contributed by atoms with Gasteiger partial charge < -0.3 is 19.5 Å². The van der Waals surface area contributed by atoms with Gasteiger partial charge in [0, 0.05) is 12.1 Å². The Morgan fingerprint density at radius 3 is 2.36 bits per heavy atom. The second kappa shape index (κ2) is 11.0. The zero-order valence-electron chi connectivity index (χ0n) is 19.8. The summed E-state index contributed by atoms with van der Waals surface area (Å²) in [7, 11) is 0. The molecule has 33 heavy (non-hydrogen) atoms. The molecule has 6 heteroatoms. The van der Waals surface area contributed by atoms with Gasteiger partial charge >= 0.3 is 0 Å². The van der Waals surface area contributed by atoms with Gasteiger partial charge in [0.05, 0.1) is 24.8 Å². The van der Waals surface area contributed by atoms with Gasteiger partial charge in [-0.1, -0.05) is 52.0 Å². The molecule has 0 spiro atoms. The van der Waals surface area contributed by atoms with Crippen molar-refractivity contribution in [3.63, 3.8) is 0 Å². The van der Waals surface area contributed by atoms with Crippen LogP contribution in [0.5, 0.6) is 11.5 Å². The predicted octanol–water partition coefficient (Wildman–Crippen LogP) is 5.34. The van der Waals surface area contributed by atoms with E-state index < -0.39 is 17.7 Å². The highest BCUT2D eigenvalue weighted by molar-refractivity contribution is 6.46. The number of benzene rings is 2. The number of aliphatic hydroxyl groups is 1. The second-order valence-corrected chi connectivity index (χ2v) is 8.64. The van der Waals surface area contributed by atoms with Crippen molar-refractivity contribution in [2.75, 3.05) is 19.8 Å². The van der Waals surface area contributed by atoms with Crippen molar-refractivity contribution in [2.24, 2.45) is 5.92 Å². The quantitative estimate of drug-likeness (QED) is 0.300. The first-order valence-electron chi connectivity index (χ1n) is 11.6. The number of likely N-dealkylation sites (tertiary alicyclic amines) is 1. The number of hydrogen-bond acceptors (Lipinski definition) is 5. The van der Waals surface area contributed by atoms with E-state index >= 15 is 0 Å². The monoisotopic (exact) mass is 451 g/mol. The molecule has 0 aliphatic carbocycles. The Balaban J connectivity index is 2.02. The summed E-state index contributed by atoms with van der Waals surface area (Å²) in [5.41, 5.74) is 1.29. The van der Waals surface area contributed by atoms with Crippen LogP contribution in [0.25, 0.3) is 5.76 Å². The summed E-state index contributed by atoms with van der Waals surface area (Å²) in [6.45, 7) is 9.69. The molecule has 176 valence electrons. The highest BCUT2D eigenvalue weighted by Gasteiger charge is 2.45. The Kier molecular flexibility index (Phi) is 8.15. The van der Waals surface area contributed by atoms with Crippen molar-refractivity contribution >= 4 is 17.4 Å². The van der Waals surface area contributed by atoms with Gasteiger partial charge in [-0.3, -0.25) is 9.59 Å². The molecule has 6 nitrogen and oxygen atoms in total. The number of nitrogens with zero attached hydrogens (tertiary/aromatic N) is 1. The first kappa shape index (κ1) is 24.4. The van der Waals surface area contributed by atoms with Crippen LogP contribution in [0.15, 0.2) is 54.1 Å². The van der Waals surface area contributed by atoms with Gasteiger partial charge in [0.2, 0.25) is 0 Å². The van der Waals surface area contributed by atoms with E-state index in [0.29, 0.717) is 43.4 Å². The molecule has 0 bridgehead atoms. The zero-order chi connectivity index (χ0) is 24.0. The standard InChI is InChI=1S/C27H33NO5/c1-5-14-28-24(19-10-12-21(13-11-19)33-17-18(3)4)23(26(30)27(28)31)25(29)20-8-7-9-22(16-20)32-15-6-2/h7-13,16,18,24,29H,5-6,14-15,17H2,1-4H3/b25-23-. The number of amides is 1. The zero-order valence-corrected chi connectivity index (χ0v) is 19.8. The Hall–Kier alpha value is -3.28. The van der Waals surface area contributed by atoms with Crippen molar-refractivity contribution in [1.82, 2.24) is 4.90 Å². The number of aliphatic hydroxyl groups excluding tert-OH is 1. The van der Waals surface area contributed by atoms with E-state index in [1.54, 1.807) is 24.3 Å². The van der Waals surface area contributed by atoms with Gasteiger partial charge in [0.25, 0.3) is 11.7 Å². The maximum atomic E-state index is 13.0. The fourth-order valence-electron chi connectivity index (χ4n) is 3.82. The van der Waals surface area contributed by atoms with Crippen LogP contribution in [-0.2, 0) is 9.59 Å². The van der Waals surface area contributed by atoms with Crippen molar-refractivity contribution < 1.29 is 24.2 Å². The van der Waals surface area contributed by atoms with Gasteiger partial charge in [-0.15, -0.1) is 0 Å². The van der Waals surface area contributed by atoms with Crippen molar-refractivity contribution in [3.8, 4) is 11.5 Å². The Morgan fingerprint density at radius 2 is 1.73 bits per heavy atom. The van der Waals surface area contributed by atoms with Crippen molar-refractivity contribution in [3.05, 3.63) is 65.2 Å². The molecule has 3 rings (SSSR count). The molecule has 1 aliphatic rings. The normalized spacial score (nSPS) is 17.6. The van der Waals surface area contributed by atoms with Crippen LogP contribution >= 0.6 is 0 Å². The van der Waals surface area contributed by atoms with Crippen LogP contribution in [0.2, 0.25) is 0 Å². The third-order valence-electron chi connectivity index (χ3n) is 5.36. The third kappa shape index (κ3) is 5.56. The van der Waals surface area contributed by atoms with E-state index in [1.807, 2.05) is 38.1 Å². The Bertz CT molecular complexity index is 1010. The Labute approximate surface area is 195 Å². The summed E-state index contributed by atoms with van der Waals surface area (Å²) >= 11 is 0. The van der Waals surface area contributed by atoms with Crippen molar-refractivity contribution in [1.29, 1.82) is 0 Å². The average Bonchev–Trinajstić information content (AvgIpc) is 3.06. The predicted molar refractivity (Wildman–Crippen MR) is 128 cm³/mol. The average molecular weight is 452 g/mol. The van der Waals surface area contributed by atoms with Gasteiger partial charge in [-0.05, 0) is 48.6 Å². The number of ether oxygens (including phenoxy) is 2. The lowest BCUT2D eigenvalue weighted by Crippen LogP contribution is -2.30. The fraction of sp³-hybridized carbons (Fsp3) is 0.407. The van der Waals surface area contributed by atoms with E-state index in [9.17, 15) is 14.7 Å². The summed E-state index contributed by atoms with van der Waals surface area (Å²) in [6.07, 6.45) is 1.55. The van der Waals surface area contributed by atoms with Crippen LogP contribution < -0.4 is 9.47 Å². The van der Waals surface area contributed by atoms with Gasteiger partial charge in [-0.2, -0.15) is 0 Å². The highest BCUT2D eigenvalue weighted by Crippen LogP contribution is 2.40. The number of Topliss-reactive ketones (excluding diaryl/α,β-unsaturated/α-hetero) is 1. The molecule has 1 heterocycles. The third-order valence-corrected chi connectivity index (χ3v) is 5.36. The smallest absolute Gasteiger partial charge is 0.295 e. The van der Waals surface area contributed by atoms with Gasteiger partial charge in [-0.25, -0.2) is 0 Å². The molecular weight excluding hydrogens is 418 g/mol. The number of hydrogen-bond donors (Lipinski definition) is 1. The number of carbonyl (C=O) groups is 2. The lowest BCUT2D eigenvalue weighted by molar-refractivity contribution is -0.139. The summed E-state index contributed by atoms with van der Waals surface area (Å²) in [6, 6.07) is 13.7. The highest BCUT2D eigenvalue weighted by atomic mass is 16.5. The Morgan fingerprint density at radius 1 is 1.00 bits per heavy atom. The van der Waals surface area contributed by atoms with E-state index in [1.165, 1.54) is 4.90 Å². The lowest BCUT2D eigenvalue weighted by Gasteiger charge is -2.25. The van der Waals surface area contributed by atoms with Gasteiger partial charge in [0.1, 0.15) is 17.3 Å².